The zero-order valence-corrected chi connectivity index (χ0v) is 19.3. The first-order chi connectivity index (χ1) is 15.3. The van der Waals surface area contributed by atoms with Crippen LogP contribution in [0.2, 0.25) is 0 Å². The Kier molecular flexibility index (Phi) is 5.90. The fourth-order valence-electron chi connectivity index (χ4n) is 3.72. The van der Waals surface area contributed by atoms with Gasteiger partial charge in [0.1, 0.15) is 0 Å². The first-order valence-corrected chi connectivity index (χ1v) is 12.3. The molecule has 0 atom stereocenters. The number of pyridine rings is 2. The molecule has 0 aliphatic heterocycles. The number of fused-ring (bicyclic) bond motifs is 1. The SMILES string of the molecule is CCc1cnc(OCC(C)C)c(C2(C(=O)NS(=O)(=O)c3cccc4ncccc34)CC2)c1. The van der Waals surface area contributed by atoms with Gasteiger partial charge in [0.15, 0.2) is 0 Å². The Labute approximate surface area is 188 Å². The van der Waals surface area contributed by atoms with Crippen molar-refractivity contribution in [3.05, 3.63) is 59.9 Å². The minimum Gasteiger partial charge on any atom is -0.477 e. The molecule has 1 aliphatic carbocycles. The summed E-state index contributed by atoms with van der Waals surface area (Å²) in [7, 11) is -4.09. The average Bonchev–Trinajstić information content (AvgIpc) is 3.59. The second kappa shape index (κ2) is 8.50. The summed E-state index contributed by atoms with van der Waals surface area (Å²) in [5, 5.41) is 0.468. The molecule has 1 amide bonds. The van der Waals surface area contributed by atoms with Crippen molar-refractivity contribution in [2.75, 3.05) is 6.61 Å². The molecule has 32 heavy (non-hydrogen) atoms. The van der Waals surface area contributed by atoms with Gasteiger partial charge in [-0.2, -0.15) is 0 Å². The lowest BCUT2D eigenvalue weighted by molar-refractivity contribution is -0.121. The summed E-state index contributed by atoms with van der Waals surface area (Å²) >= 11 is 0. The maximum atomic E-state index is 13.4. The predicted octanol–water partition coefficient (Wildman–Crippen LogP) is 3.76. The highest BCUT2D eigenvalue weighted by Gasteiger charge is 2.54. The number of nitrogens with one attached hydrogen (secondary N) is 1. The maximum absolute atomic E-state index is 13.4. The summed E-state index contributed by atoms with van der Waals surface area (Å²) in [5.41, 5.74) is 1.22. The van der Waals surface area contributed by atoms with Gasteiger partial charge < -0.3 is 4.74 Å². The van der Waals surface area contributed by atoms with Gasteiger partial charge in [-0.25, -0.2) is 18.1 Å². The van der Waals surface area contributed by atoms with Crippen molar-refractivity contribution in [3.63, 3.8) is 0 Å². The Morgan fingerprint density at radius 1 is 1.19 bits per heavy atom. The number of carbonyl (C=O) groups is 1. The number of aryl methyl sites for hydroxylation is 1. The van der Waals surface area contributed by atoms with Crippen LogP contribution in [0.5, 0.6) is 5.88 Å². The Balaban J connectivity index is 1.68. The van der Waals surface area contributed by atoms with Crippen LogP contribution in [0, 0.1) is 5.92 Å². The summed E-state index contributed by atoms with van der Waals surface area (Å²) in [4.78, 5) is 22.0. The Hall–Kier alpha value is -3.00. The summed E-state index contributed by atoms with van der Waals surface area (Å²) in [6.45, 7) is 6.54. The average molecular weight is 454 g/mol. The van der Waals surface area contributed by atoms with Crippen LogP contribution >= 0.6 is 0 Å². The number of hydrogen-bond donors (Lipinski definition) is 1. The molecule has 0 saturated heterocycles. The molecule has 0 spiro atoms. The van der Waals surface area contributed by atoms with Crippen molar-refractivity contribution in [1.29, 1.82) is 0 Å². The number of aromatic nitrogens is 2. The molecular formula is C24H27N3O4S. The van der Waals surface area contributed by atoms with Gasteiger partial charge in [0.05, 0.1) is 22.4 Å². The predicted molar refractivity (Wildman–Crippen MR) is 122 cm³/mol. The lowest BCUT2D eigenvalue weighted by atomic mass is 9.94. The number of hydrogen-bond acceptors (Lipinski definition) is 6. The van der Waals surface area contributed by atoms with E-state index in [0.717, 1.165) is 12.0 Å². The van der Waals surface area contributed by atoms with Crippen molar-refractivity contribution >= 4 is 26.8 Å². The number of nitrogens with zero attached hydrogens (tertiary/aromatic N) is 2. The zero-order chi connectivity index (χ0) is 22.9. The van der Waals surface area contributed by atoms with Crippen molar-refractivity contribution in [2.24, 2.45) is 5.92 Å². The maximum Gasteiger partial charge on any atom is 0.264 e. The Morgan fingerprint density at radius 3 is 2.66 bits per heavy atom. The van der Waals surface area contributed by atoms with Crippen molar-refractivity contribution in [3.8, 4) is 5.88 Å². The van der Waals surface area contributed by atoms with Crippen LogP contribution < -0.4 is 9.46 Å². The molecule has 3 aromatic rings. The van der Waals surface area contributed by atoms with Crippen LogP contribution in [0.3, 0.4) is 0 Å². The molecule has 1 saturated carbocycles. The molecule has 2 aromatic heterocycles. The first-order valence-electron chi connectivity index (χ1n) is 10.8. The fraction of sp³-hybridized carbons (Fsp3) is 0.375. The van der Waals surface area contributed by atoms with Gasteiger partial charge >= 0.3 is 0 Å². The number of carbonyl (C=O) groups excluding carboxylic acids is 1. The normalized spacial score (nSPS) is 15.0. The summed E-state index contributed by atoms with van der Waals surface area (Å²) < 4.78 is 34.6. The van der Waals surface area contributed by atoms with Gasteiger partial charge in [-0.1, -0.05) is 26.8 Å². The van der Waals surface area contributed by atoms with E-state index >= 15 is 0 Å². The number of benzene rings is 1. The first kappa shape index (κ1) is 22.2. The topological polar surface area (TPSA) is 98.2 Å². The second-order valence-corrected chi connectivity index (χ2v) is 10.2. The summed E-state index contributed by atoms with van der Waals surface area (Å²) in [5.74, 6) is 0.137. The van der Waals surface area contributed by atoms with Gasteiger partial charge in [0, 0.05) is 23.3 Å². The minimum absolute atomic E-state index is 0.0314. The zero-order valence-electron chi connectivity index (χ0n) is 18.5. The molecule has 2 heterocycles. The van der Waals surface area contributed by atoms with E-state index in [2.05, 4.69) is 14.7 Å². The van der Waals surface area contributed by atoms with Crippen LogP contribution in [-0.4, -0.2) is 30.9 Å². The number of sulfonamides is 1. The van der Waals surface area contributed by atoms with Gasteiger partial charge in [-0.05, 0) is 61.1 Å². The van der Waals surface area contributed by atoms with Crippen LogP contribution in [0.25, 0.3) is 10.9 Å². The van der Waals surface area contributed by atoms with Crippen LogP contribution in [0.1, 0.15) is 44.7 Å². The van der Waals surface area contributed by atoms with Gasteiger partial charge in [-0.15, -0.1) is 0 Å². The highest BCUT2D eigenvalue weighted by atomic mass is 32.2. The highest BCUT2D eigenvalue weighted by molar-refractivity contribution is 7.90. The van der Waals surface area contributed by atoms with E-state index in [4.69, 9.17) is 4.74 Å². The van der Waals surface area contributed by atoms with E-state index in [1.54, 1.807) is 36.7 Å². The number of ether oxygens (including phenoxy) is 1. The molecule has 1 aliphatic rings. The molecular weight excluding hydrogens is 426 g/mol. The lowest BCUT2D eigenvalue weighted by Gasteiger charge is -2.20. The Morgan fingerprint density at radius 2 is 1.97 bits per heavy atom. The van der Waals surface area contributed by atoms with E-state index in [1.807, 2.05) is 26.8 Å². The van der Waals surface area contributed by atoms with E-state index in [0.29, 0.717) is 47.7 Å². The molecule has 0 bridgehead atoms. The largest absolute Gasteiger partial charge is 0.477 e. The van der Waals surface area contributed by atoms with Crippen molar-refractivity contribution in [1.82, 2.24) is 14.7 Å². The van der Waals surface area contributed by atoms with E-state index < -0.39 is 21.3 Å². The molecule has 4 rings (SSSR count). The van der Waals surface area contributed by atoms with Crippen molar-refractivity contribution in [2.45, 2.75) is 50.3 Å². The van der Waals surface area contributed by atoms with Crippen LogP contribution in [0.4, 0.5) is 0 Å². The molecule has 1 N–H and O–H groups in total. The second-order valence-electron chi connectivity index (χ2n) is 8.60. The third kappa shape index (κ3) is 4.19. The molecule has 0 unspecified atom stereocenters. The third-order valence-corrected chi connectivity index (χ3v) is 7.08. The van der Waals surface area contributed by atoms with E-state index in [-0.39, 0.29) is 4.90 Å². The minimum atomic E-state index is -4.09. The molecule has 168 valence electrons. The summed E-state index contributed by atoms with van der Waals surface area (Å²) in [6, 6.07) is 10.1. The molecule has 7 nitrogen and oxygen atoms in total. The Bertz CT molecular complexity index is 1260. The van der Waals surface area contributed by atoms with Gasteiger partial charge in [0.2, 0.25) is 11.8 Å². The molecule has 1 fully saturated rings. The van der Waals surface area contributed by atoms with E-state index in [9.17, 15) is 13.2 Å². The standard InChI is InChI=1S/C24H27N3O4S/c1-4-17-13-19(22(26-14-17)31-15-16(2)3)24(10-11-24)23(28)27-32(29,30)21-9-5-8-20-18(21)7-6-12-25-20/h5-9,12-14,16H,4,10-11,15H2,1-3H3,(H,27,28). The summed E-state index contributed by atoms with van der Waals surface area (Å²) in [6.07, 6.45) is 5.18. The molecule has 1 aromatic carbocycles. The van der Waals surface area contributed by atoms with Gasteiger partial charge in [-0.3, -0.25) is 9.78 Å². The van der Waals surface area contributed by atoms with Crippen molar-refractivity contribution < 1.29 is 17.9 Å². The fourth-order valence-corrected chi connectivity index (χ4v) is 4.99. The number of amides is 1. The molecule has 8 heteroatoms. The lowest BCUT2D eigenvalue weighted by Crippen LogP contribution is -2.39. The van der Waals surface area contributed by atoms with Crippen LogP contribution in [-0.2, 0) is 26.7 Å². The monoisotopic (exact) mass is 453 g/mol. The molecule has 0 radical (unpaired) electrons. The third-order valence-electron chi connectivity index (χ3n) is 5.69. The van der Waals surface area contributed by atoms with Crippen LogP contribution in [0.15, 0.2) is 53.7 Å². The number of rotatable bonds is 8. The smallest absolute Gasteiger partial charge is 0.264 e. The van der Waals surface area contributed by atoms with E-state index in [1.165, 1.54) is 6.07 Å². The quantitative estimate of drug-likeness (QED) is 0.558. The van der Waals surface area contributed by atoms with Gasteiger partial charge in [0.25, 0.3) is 10.0 Å². The highest BCUT2D eigenvalue weighted by Crippen LogP contribution is 2.51.